The quantitative estimate of drug-likeness (QED) is 0.768. The number of carbonyl (C=O) groups is 1. The van der Waals surface area contributed by atoms with Crippen LogP contribution in [0.4, 0.5) is 0 Å². The van der Waals surface area contributed by atoms with Crippen molar-refractivity contribution in [2.24, 2.45) is 0 Å². The van der Waals surface area contributed by atoms with Crippen LogP contribution in [0.15, 0.2) is 24.3 Å². The molecule has 1 aromatic rings. The van der Waals surface area contributed by atoms with E-state index >= 15 is 0 Å². The summed E-state index contributed by atoms with van der Waals surface area (Å²) in [5, 5.41) is 11.8. The Morgan fingerprint density at radius 1 is 1.33 bits per heavy atom. The molecule has 0 aromatic heterocycles. The van der Waals surface area contributed by atoms with Crippen molar-refractivity contribution in [3.63, 3.8) is 0 Å². The second-order valence-corrected chi connectivity index (χ2v) is 3.78. The van der Waals surface area contributed by atoms with Crippen LogP contribution in [0.1, 0.15) is 18.1 Å². The smallest absolute Gasteiger partial charge is 0.307 e. The van der Waals surface area contributed by atoms with Gasteiger partial charge in [0, 0.05) is 6.04 Å². The van der Waals surface area contributed by atoms with Gasteiger partial charge in [0.15, 0.2) is 0 Å². The van der Waals surface area contributed by atoms with Crippen molar-refractivity contribution in [1.82, 2.24) is 5.32 Å². The van der Waals surface area contributed by atoms with Gasteiger partial charge in [-0.3, -0.25) is 4.79 Å². The maximum Gasteiger partial charge on any atom is 0.307 e. The van der Waals surface area contributed by atoms with Crippen molar-refractivity contribution in [2.45, 2.75) is 25.8 Å². The highest BCUT2D eigenvalue weighted by molar-refractivity contribution is 5.70. The zero-order chi connectivity index (χ0) is 11.3. The number of carboxylic acids is 1. The minimum atomic E-state index is -0.786. The highest BCUT2D eigenvalue weighted by Gasteiger charge is 2.02. The van der Waals surface area contributed by atoms with E-state index in [-0.39, 0.29) is 6.42 Å². The number of aliphatic carboxylic acids is 1. The monoisotopic (exact) mass is 207 g/mol. The van der Waals surface area contributed by atoms with Crippen LogP contribution in [0.2, 0.25) is 0 Å². The van der Waals surface area contributed by atoms with Gasteiger partial charge < -0.3 is 10.4 Å². The molecule has 0 aliphatic carbocycles. The van der Waals surface area contributed by atoms with Crippen LogP contribution < -0.4 is 5.32 Å². The second kappa shape index (κ2) is 5.51. The van der Waals surface area contributed by atoms with Crippen molar-refractivity contribution >= 4 is 5.97 Å². The van der Waals surface area contributed by atoms with E-state index in [1.807, 2.05) is 31.3 Å². The zero-order valence-corrected chi connectivity index (χ0v) is 9.16. The lowest BCUT2D eigenvalue weighted by molar-refractivity contribution is -0.136. The minimum absolute atomic E-state index is 0.0991. The fraction of sp³-hybridized carbons (Fsp3) is 0.417. The first-order chi connectivity index (χ1) is 7.11. The lowest BCUT2D eigenvalue weighted by Crippen LogP contribution is -2.23. The summed E-state index contributed by atoms with van der Waals surface area (Å²) >= 11 is 0. The van der Waals surface area contributed by atoms with Crippen molar-refractivity contribution in [1.29, 1.82) is 0 Å². The Bertz CT molecular complexity index is 319. The molecule has 1 rings (SSSR count). The fourth-order valence-electron chi connectivity index (χ4n) is 1.42. The Hall–Kier alpha value is -1.35. The SMILES string of the molecule is CN[C@@H](C)Cc1ccc(CC(=O)O)cc1. The van der Waals surface area contributed by atoms with Crippen molar-refractivity contribution < 1.29 is 9.90 Å². The number of carboxylic acid groups (broad SMARTS) is 1. The topological polar surface area (TPSA) is 49.3 Å². The third-order valence-electron chi connectivity index (χ3n) is 2.41. The van der Waals surface area contributed by atoms with Gasteiger partial charge in [0.25, 0.3) is 0 Å². The zero-order valence-electron chi connectivity index (χ0n) is 9.16. The van der Waals surface area contributed by atoms with Gasteiger partial charge >= 0.3 is 5.97 Å². The summed E-state index contributed by atoms with van der Waals surface area (Å²) in [4.78, 5) is 10.5. The first-order valence-electron chi connectivity index (χ1n) is 5.08. The van der Waals surface area contributed by atoms with Crippen LogP contribution in [0.3, 0.4) is 0 Å². The van der Waals surface area contributed by atoms with Crippen LogP contribution in [-0.4, -0.2) is 24.2 Å². The van der Waals surface area contributed by atoms with Crippen LogP contribution >= 0.6 is 0 Å². The Labute approximate surface area is 90.1 Å². The number of likely N-dealkylation sites (N-methyl/N-ethyl adjacent to an activating group) is 1. The molecule has 0 spiro atoms. The number of hydrogen-bond acceptors (Lipinski definition) is 2. The van der Waals surface area contributed by atoms with Gasteiger partial charge in [0.2, 0.25) is 0 Å². The van der Waals surface area contributed by atoms with Crippen molar-refractivity contribution in [3.8, 4) is 0 Å². The Morgan fingerprint density at radius 3 is 2.33 bits per heavy atom. The second-order valence-electron chi connectivity index (χ2n) is 3.78. The first-order valence-corrected chi connectivity index (χ1v) is 5.08. The largest absolute Gasteiger partial charge is 0.481 e. The van der Waals surface area contributed by atoms with Gasteiger partial charge in [0.1, 0.15) is 0 Å². The maximum atomic E-state index is 10.5. The van der Waals surface area contributed by atoms with Crippen molar-refractivity contribution in [3.05, 3.63) is 35.4 Å². The lowest BCUT2D eigenvalue weighted by atomic mass is 10.0. The Kier molecular flexibility index (Phi) is 4.31. The number of hydrogen-bond donors (Lipinski definition) is 2. The summed E-state index contributed by atoms with van der Waals surface area (Å²) in [5.74, 6) is -0.786. The summed E-state index contributed by atoms with van der Waals surface area (Å²) < 4.78 is 0. The van der Waals surface area contributed by atoms with E-state index in [4.69, 9.17) is 5.11 Å². The molecule has 2 N–H and O–H groups in total. The van der Waals surface area contributed by atoms with Gasteiger partial charge in [-0.15, -0.1) is 0 Å². The summed E-state index contributed by atoms with van der Waals surface area (Å²) in [6.07, 6.45) is 1.06. The highest BCUT2D eigenvalue weighted by atomic mass is 16.4. The number of nitrogens with one attached hydrogen (secondary N) is 1. The Balaban J connectivity index is 2.60. The molecule has 82 valence electrons. The molecule has 0 heterocycles. The third-order valence-corrected chi connectivity index (χ3v) is 2.41. The summed E-state index contributed by atoms with van der Waals surface area (Å²) in [6.45, 7) is 2.12. The number of benzene rings is 1. The standard InChI is InChI=1S/C12H17NO2/c1-9(13-2)7-10-3-5-11(6-4-10)8-12(14)15/h3-6,9,13H,7-8H2,1-2H3,(H,14,15)/t9-/m0/s1. The molecule has 15 heavy (non-hydrogen) atoms. The van der Waals surface area contributed by atoms with Crippen LogP contribution in [0.5, 0.6) is 0 Å². The van der Waals surface area contributed by atoms with E-state index in [1.54, 1.807) is 0 Å². The lowest BCUT2D eigenvalue weighted by Gasteiger charge is -2.09. The summed E-state index contributed by atoms with van der Waals surface area (Å²) in [5.41, 5.74) is 2.08. The molecule has 0 bridgehead atoms. The first kappa shape index (κ1) is 11.7. The third kappa shape index (κ3) is 4.13. The van der Waals surface area contributed by atoms with Gasteiger partial charge in [-0.05, 0) is 31.5 Å². The van der Waals surface area contributed by atoms with Gasteiger partial charge in [-0.1, -0.05) is 24.3 Å². The average Bonchev–Trinajstić information content (AvgIpc) is 2.20. The molecule has 0 radical (unpaired) electrons. The molecule has 1 atom stereocenters. The predicted octanol–water partition coefficient (Wildman–Crippen LogP) is 1.46. The summed E-state index contributed by atoms with van der Waals surface area (Å²) in [6, 6.07) is 8.19. The molecule has 3 heteroatoms. The van der Waals surface area contributed by atoms with E-state index < -0.39 is 5.97 Å². The van der Waals surface area contributed by atoms with Crippen LogP contribution in [0.25, 0.3) is 0 Å². The van der Waals surface area contributed by atoms with E-state index in [1.165, 1.54) is 5.56 Å². The van der Waals surface area contributed by atoms with E-state index in [0.29, 0.717) is 6.04 Å². The average molecular weight is 207 g/mol. The molecule has 1 aromatic carbocycles. The number of rotatable bonds is 5. The van der Waals surface area contributed by atoms with Gasteiger partial charge in [-0.25, -0.2) is 0 Å². The molecular weight excluding hydrogens is 190 g/mol. The normalized spacial score (nSPS) is 12.4. The molecule has 3 nitrogen and oxygen atoms in total. The molecule has 0 saturated carbocycles. The molecule has 0 fully saturated rings. The van der Waals surface area contributed by atoms with Gasteiger partial charge in [-0.2, -0.15) is 0 Å². The molecular formula is C12H17NO2. The fourth-order valence-corrected chi connectivity index (χ4v) is 1.42. The molecule has 0 saturated heterocycles. The van der Waals surface area contributed by atoms with E-state index in [2.05, 4.69) is 12.2 Å². The van der Waals surface area contributed by atoms with E-state index in [9.17, 15) is 4.79 Å². The highest BCUT2D eigenvalue weighted by Crippen LogP contribution is 2.07. The van der Waals surface area contributed by atoms with Crippen molar-refractivity contribution in [2.75, 3.05) is 7.05 Å². The maximum absolute atomic E-state index is 10.5. The van der Waals surface area contributed by atoms with Crippen LogP contribution in [-0.2, 0) is 17.6 Å². The summed E-state index contributed by atoms with van der Waals surface area (Å²) in [7, 11) is 1.93. The molecule has 0 amide bonds. The predicted molar refractivity (Wildman–Crippen MR) is 60.0 cm³/mol. The molecule has 0 aliphatic heterocycles. The van der Waals surface area contributed by atoms with E-state index in [0.717, 1.165) is 12.0 Å². The van der Waals surface area contributed by atoms with Gasteiger partial charge in [0.05, 0.1) is 6.42 Å². The van der Waals surface area contributed by atoms with Crippen LogP contribution in [0, 0.1) is 0 Å². The minimum Gasteiger partial charge on any atom is -0.481 e. The Morgan fingerprint density at radius 2 is 1.87 bits per heavy atom. The molecule has 0 unspecified atom stereocenters. The molecule has 0 aliphatic rings.